The molecule has 0 unspecified atom stereocenters. The molecule has 0 aromatic rings. The van der Waals surface area contributed by atoms with E-state index in [1.165, 1.54) is 18.1 Å². The number of hydrogen-bond donors (Lipinski definition) is 5. The molecule has 8 aliphatic rings. The molecule has 18 atom stereocenters. The number of hydrogen-bond acceptors (Lipinski definition) is 11. The van der Waals surface area contributed by atoms with Gasteiger partial charge in [-0.15, -0.1) is 0 Å². The molecule has 0 aromatic heterocycles. The van der Waals surface area contributed by atoms with Gasteiger partial charge in [0.2, 0.25) is 0 Å². The van der Waals surface area contributed by atoms with Crippen molar-refractivity contribution < 1.29 is 54.2 Å². The van der Waals surface area contributed by atoms with Gasteiger partial charge in [-0.25, -0.2) is 0 Å². The number of rotatable bonds is 13. The molecule has 8 aliphatic carbocycles. The van der Waals surface area contributed by atoms with Crippen molar-refractivity contribution in [2.75, 3.05) is 6.61 Å². The number of allylic oxidation sites excluding steroid dienone is 2. The molecule has 0 amide bonds. The Hall–Kier alpha value is -2.57. The summed E-state index contributed by atoms with van der Waals surface area (Å²) < 4.78 is 6.07. The number of aliphatic hydroxyl groups excluding tert-OH is 4. The first-order valence-corrected chi connectivity index (χ1v) is 27.8. The van der Waals surface area contributed by atoms with Crippen LogP contribution in [0.1, 0.15) is 200 Å². The maximum absolute atomic E-state index is 14.6. The third kappa shape index (κ3) is 7.80. The SMILES string of the molecule is C[C@H](CC[C@@H](OC(=O)[C@@H](C)CC(=O)C[C@@H](C)[C@H]1C[C@@H](O)[C@@]2(C)C3=C(C(=O)C[C@]12C)[C@@]1(C)CC[C@@H](O)C(C)(C)[C@@H]1CC3=O)[C@@](C)(O)CO)[C@H]1CC[C@@]2(C)C3=C(CC[C@]12C)[C@@]1(C)CCC(=O)C(C)(C)[C@@H]1C[C@H]3O. The Kier molecular flexibility index (Phi) is 13.7. The van der Waals surface area contributed by atoms with Crippen LogP contribution in [0.25, 0.3) is 0 Å². The summed E-state index contributed by atoms with van der Waals surface area (Å²) in [4.78, 5) is 69.9. The van der Waals surface area contributed by atoms with Gasteiger partial charge >= 0.3 is 5.97 Å². The summed E-state index contributed by atoms with van der Waals surface area (Å²) in [6.45, 7) is 28.0. The Morgan fingerprint density at radius 2 is 1.38 bits per heavy atom. The molecule has 11 nitrogen and oxygen atoms in total. The minimum absolute atomic E-state index is 0.0683. The summed E-state index contributed by atoms with van der Waals surface area (Å²) in [6.07, 6.45) is 5.54. The topological polar surface area (TPSA) is 196 Å². The number of ether oxygens (including phenoxy) is 1. The lowest BCUT2D eigenvalue weighted by Gasteiger charge is -2.61. The molecule has 0 bridgehead atoms. The highest BCUT2D eigenvalue weighted by Gasteiger charge is 2.71. The number of carbonyl (C=O) groups is 5. The van der Waals surface area contributed by atoms with Crippen LogP contribution in [0.4, 0.5) is 0 Å². The lowest BCUT2D eigenvalue weighted by Crippen LogP contribution is -2.60. The molecule has 11 heteroatoms. The van der Waals surface area contributed by atoms with Gasteiger partial charge in [-0.05, 0) is 146 Å². The smallest absolute Gasteiger partial charge is 0.309 e. The van der Waals surface area contributed by atoms with Crippen molar-refractivity contribution in [2.24, 2.45) is 84.7 Å². The van der Waals surface area contributed by atoms with E-state index in [1.54, 1.807) is 6.92 Å². The fraction of sp³-hybridized carbons (Fsp3) is 0.850. The predicted molar refractivity (Wildman–Crippen MR) is 271 cm³/mol. The van der Waals surface area contributed by atoms with E-state index in [0.717, 1.165) is 32.1 Å². The zero-order valence-electron chi connectivity index (χ0n) is 46.1. The second-order valence-electron chi connectivity index (χ2n) is 28.3. The summed E-state index contributed by atoms with van der Waals surface area (Å²) in [5, 5.41) is 56.9. The lowest BCUT2D eigenvalue weighted by molar-refractivity contribution is -0.174. The van der Waals surface area contributed by atoms with Crippen molar-refractivity contribution in [3.63, 3.8) is 0 Å². The number of carbonyl (C=O) groups excluding carboxylic acids is 5. The molecule has 5 N–H and O–H groups in total. The molecule has 4 saturated carbocycles. The van der Waals surface area contributed by atoms with Crippen LogP contribution in [0, 0.1) is 84.7 Å². The summed E-state index contributed by atoms with van der Waals surface area (Å²) in [6, 6.07) is 0. The van der Waals surface area contributed by atoms with Gasteiger partial charge in [0, 0.05) is 59.5 Å². The average Bonchev–Trinajstić information content (AvgIpc) is 3.68. The first kappa shape index (κ1) is 54.7. The molecule has 398 valence electrons. The first-order chi connectivity index (χ1) is 32.6. The Morgan fingerprint density at radius 3 is 2.03 bits per heavy atom. The Balaban J connectivity index is 0.916. The van der Waals surface area contributed by atoms with Gasteiger partial charge in [0.25, 0.3) is 0 Å². The summed E-state index contributed by atoms with van der Waals surface area (Å²) in [7, 11) is 0. The fourth-order valence-corrected chi connectivity index (χ4v) is 19.0. The molecule has 71 heavy (non-hydrogen) atoms. The molecule has 0 aliphatic heterocycles. The van der Waals surface area contributed by atoms with Gasteiger partial charge in [0.05, 0.1) is 30.8 Å². The van der Waals surface area contributed by atoms with Crippen LogP contribution < -0.4 is 0 Å². The minimum atomic E-state index is -1.72. The van der Waals surface area contributed by atoms with Gasteiger partial charge in [-0.2, -0.15) is 0 Å². The second-order valence-corrected chi connectivity index (χ2v) is 28.3. The van der Waals surface area contributed by atoms with Gasteiger partial charge in [0.1, 0.15) is 23.3 Å². The van der Waals surface area contributed by atoms with E-state index < -0.39 is 75.6 Å². The van der Waals surface area contributed by atoms with Crippen LogP contribution in [-0.2, 0) is 28.7 Å². The Morgan fingerprint density at radius 1 is 0.718 bits per heavy atom. The maximum atomic E-state index is 14.6. The highest BCUT2D eigenvalue weighted by Crippen LogP contribution is 2.74. The van der Waals surface area contributed by atoms with Crippen molar-refractivity contribution >= 4 is 29.1 Å². The van der Waals surface area contributed by atoms with Gasteiger partial charge in [0.15, 0.2) is 11.6 Å². The third-order valence-electron chi connectivity index (χ3n) is 24.0. The maximum Gasteiger partial charge on any atom is 0.309 e. The van der Waals surface area contributed by atoms with Crippen molar-refractivity contribution in [1.29, 1.82) is 0 Å². The molecular weight excluding hydrogens is 897 g/mol. The standard InChI is InChI=1S/C60H92O11/c1-32(36-17-24-57(11)48-37(18-23-56(36,57)10)54(8)21-19-44(66)52(4,5)42(54)28-39(48)63)15-16-47(59(13,70)31-61)71-51(69)34(3)26-35(62)25-33(2)38-27-46(68)60(14)50-40(64)29-43-53(6,7)45(67)20-22-55(43,9)49(50)41(65)30-58(38,60)12/h32-34,36,38-39,42-43,45-47,61,63,67-68,70H,15-31H2,1-14H3/t32-,33-,34+,36-,38-,39-,42+,43+,45-,46-,47-,54-,55+,56-,57+,58-,59+,60+/m1/s1. The Bertz CT molecular complexity index is 2290. The van der Waals surface area contributed by atoms with E-state index in [4.69, 9.17) is 4.74 Å². The number of ketones is 4. The molecule has 8 rings (SSSR count). The van der Waals surface area contributed by atoms with Crippen molar-refractivity contribution in [3.8, 4) is 0 Å². The molecule has 0 heterocycles. The van der Waals surface area contributed by atoms with Gasteiger partial charge in [-0.3, -0.25) is 24.0 Å². The van der Waals surface area contributed by atoms with Crippen molar-refractivity contribution in [3.05, 3.63) is 22.3 Å². The minimum Gasteiger partial charge on any atom is -0.459 e. The largest absolute Gasteiger partial charge is 0.459 e. The highest BCUT2D eigenvalue weighted by atomic mass is 16.6. The molecule has 4 fully saturated rings. The van der Waals surface area contributed by atoms with Crippen molar-refractivity contribution in [1.82, 2.24) is 0 Å². The zero-order chi connectivity index (χ0) is 52.8. The van der Waals surface area contributed by atoms with Crippen LogP contribution in [0.3, 0.4) is 0 Å². The monoisotopic (exact) mass is 989 g/mol. The zero-order valence-corrected chi connectivity index (χ0v) is 46.1. The molecular formula is C60H92O11. The normalized spacial score (nSPS) is 44.0. The second kappa shape index (κ2) is 17.8. The quantitative estimate of drug-likeness (QED) is 0.0871. The first-order valence-electron chi connectivity index (χ1n) is 27.8. The number of esters is 1. The predicted octanol–water partition coefficient (Wildman–Crippen LogP) is 9.41. The van der Waals surface area contributed by atoms with E-state index in [2.05, 4.69) is 48.5 Å². The van der Waals surface area contributed by atoms with E-state index >= 15 is 0 Å². The fourth-order valence-electron chi connectivity index (χ4n) is 19.0. The highest BCUT2D eigenvalue weighted by molar-refractivity contribution is 6.11. The lowest BCUT2D eigenvalue weighted by atomic mass is 9.42. The average molecular weight is 989 g/mol. The van der Waals surface area contributed by atoms with Gasteiger partial charge in [-0.1, -0.05) is 95.6 Å². The van der Waals surface area contributed by atoms with Crippen molar-refractivity contribution in [2.45, 2.75) is 230 Å². The van der Waals surface area contributed by atoms with Crippen LogP contribution >= 0.6 is 0 Å². The van der Waals surface area contributed by atoms with E-state index in [0.29, 0.717) is 67.8 Å². The number of fused-ring (bicyclic) bond motifs is 8. The summed E-state index contributed by atoms with van der Waals surface area (Å²) in [5.41, 5.74) is -1.95. The molecule has 0 spiro atoms. The molecule has 0 radical (unpaired) electrons. The summed E-state index contributed by atoms with van der Waals surface area (Å²) >= 11 is 0. The van der Waals surface area contributed by atoms with Crippen LogP contribution in [0.2, 0.25) is 0 Å². The van der Waals surface area contributed by atoms with E-state index in [-0.39, 0.29) is 88.9 Å². The van der Waals surface area contributed by atoms with Crippen LogP contribution in [0.5, 0.6) is 0 Å². The third-order valence-corrected chi connectivity index (χ3v) is 24.0. The number of aliphatic hydroxyl groups is 5. The van der Waals surface area contributed by atoms with Gasteiger partial charge < -0.3 is 30.3 Å². The number of Topliss-reactive ketones (excluding diaryl/α,β-unsaturated/α-hetero) is 4. The Labute approximate surface area is 425 Å². The van der Waals surface area contributed by atoms with E-state index in [1.807, 2.05) is 34.6 Å². The van der Waals surface area contributed by atoms with Crippen LogP contribution in [0.15, 0.2) is 22.3 Å². The van der Waals surface area contributed by atoms with Crippen LogP contribution in [-0.4, -0.2) is 91.3 Å². The molecule has 0 aromatic carbocycles. The molecule has 0 saturated heterocycles. The summed E-state index contributed by atoms with van der Waals surface area (Å²) in [5.74, 6) is -1.63. The van der Waals surface area contributed by atoms with E-state index in [9.17, 15) is 49.5 Å².